The van der Waals surface area contributed by atoms with Crippen molar-refractivity contribution < 1.29 is 14.3 Å². The predicted octanol–water partition coefficient (Wildman–Crippen LogP) is 5.51. The lowest BCUT2D eigenvalue weighted by atomic mass is 10.1. The summed E-state index contributed by atoms with van der Waals surface area (Å²) < 4.78 is 13.1. The number of carbonyl (C=O) groups excluding carboxylic acids is 1. The Bertz CT molecular complexity index is 1480. The van der Waals surface area contributed by atoms with E-state index in [1.54, 1.807) is 7.11 Å². The van der Waals surface area contributed by atoms with Gasteiger partial charge in [-0.1, -0.05) is 78.9 Å². The number of rotatable bonds is 7. The normalized spacial score (nSPS) is 10.9. The molecule has 2 heterocycles. The molecule has 5 aromatic rings. The van der Waals surface area contributed by atoms with Crippen LogP contribution in [0.3, 0.4) is 0 Å². The SMILES string of the molecule is COc1ccccc1Cc1nc(-c2ccccc2)cn2c(OC(C)=O)c(Cc3ccccc3)nc12. The van der Waals surface area contributed by atoms with Gasteiger partial charge in [-0.05, 0) is 11.6 Å². The Labute approximate surface area is 203 Å². The number of nitrogens with zero attached hydrogens (tertiary/aromatic N) is 3. The summed E-state index contributed by atoms with van der Waals surface area (Å²) in [6, 6.07) is 27.8. The van der Waals surface area contributed by atoms with Gasteiger partial charge in [-0.3, -0.25) is 9.20 Å². The number of imidazole rings is 1. The van der Waals surface area contributed by atoms with Gasteiger partial charge in [-0.2, -0.15) is 0 Å². The Morgan fingerprint density at radius 3 is 2.23 bits per heavy atom. The number of ether oxygens (including phenoxy) is 2. The molecule has 0 fully saturated rings. The Hall–Kier alpha value is -4.45. The van der Waals surface area contributed by atoms with Crippen LogP contribution in [-0.4, -0.2) is 27.4 Å². The molecule has 0 N–H and O–H groups in total. The molecule has 6 heteroatoms. The summed E-state index contributed by atoms with van der Waals surface area (Å²) in [6.07, 6.45) is 2.92. The van der Waals surface area contributed by atoms with Gasteiger partial charge in [0.05, 0.1) is 18.5 Å². The predicted molar refractivity (Wildman–Crippen MR) is 135 cm³/mol. The Morgan fingerprint density at radius 2 is 1.51 bits per heavy atom. The molecule has 0 saturated carbocycles. The number of benzene rings is 3. The van der Waals surface area contributed by atoms with Gasteiger partial charge >= 0.3 is 5.97 Å². The van der Waals surface area contributed by atoms with E-state index in [-0.39, 0.29) is 0 Å². The summed E-state index contributed by atoms with van der Waals surface area (Å²) in [4.78, 5) is 22.0. The second-order valence-corrected chi connectivity index (χ2v) is 8.24. The van der Waals surface area contributed by atoms with Gasteiger partial charge in [0, 0.05) is 37.1 Å². The van der Waals surface area contributed by atoms with Gasteiger partial charge in [-0.15, -0.1) is 0 Å². The van der Waals surface area contributed by atoms with Crippen LogP contribution < -0.4 is 9.47 Å². The summed E-state index contributed by atoms with van der Waals surface area (Å²) in [5, 5.41) is 0. The van der Waals surface area contributed by atoms with Gasteiger partial charge in [0.15, 0.2) is 5.65 Å². The van der Waals surface area contributed by atoms with Crippen LogP contribution in [0.25, 0.3) is 16.9 Å². The van der Waals surface area contributed by atoms with Crippen LogP contribution in [0, 0.1) is 0 Å². The second-order valence-electron chi connectivity index (χ2n) is 8.24. The highest BCUT2D eigenvalue weighted by Gasteiger charge is 2.21. The van der Waals surface area contributed by atoms with Crippen LogP contribution in [0.4, 0.5) is 0 Å². The number of aromatic nitrogens is 3. The van der Waals surface area contributed by atoms with Crippen LogP contribution in [-0.2, 0) is 17.6 Å². The van der Waals surface area contributed by atoms with Crippen molar-refractivity contribution in [2.75, 3.05) is 7.11 Å². The van der Waals surface area contributed by atoms with E-state index < -0.39 is 5.97 Å². The smallest absolute Gasteiger partial charge is 0.309 e. The molecule has 35 heavy (non-hydrogen) atoms. The molecule has 5 rings (SSSR count). The number of hydrogen-bond donors (Lipinski definition) is 0. The molecule has 0 spiro atoms. The molecular formula is C29H25N3O3. The zero-order valence-electron chi connectivity index (χ0n) is 19.6. The lowest BCUT2D eigenvalue weighted by Gasteiger charge is -2.11. The van der Waals surface area contributed by atoms with Gasteiger partial charge < -0.3 is 9.47 Å². The number of para-hydroxylation sites is 1. The monoisotopic (exact) mass is 463 g/mol. The maximum atomic E-state index is 12.1. The summed E-state index contributed by atoms with van der Waals surface area (Å²) in [5.41, 5.74) is 5.90. The van der Waals surface area contributed by atoms with Crippen molar-refractivity contribution in [3.63, 3.8) is 0 Å². The summed E-state index contributed by atoms with van der Waals surface area (Å²) in [5.74, 6) is 0.802. The third-order valence-electron chi connectivity index (χ3n) is 5.77. The molecule has 0 aliphatic heterocycles. The molecule has 0 unspecified atom stereocenters. The molecular weight excluding hydrogens is 438 g/mol. The van der Waals surface area contributed by atoms with Crippen LogP contribution in [0.15, 0.2) is 91.1 Å². The van der Waals surface area contributed by atoms with Crippen LogP contribution in [0.5, 0.6) is 11.6 Å². The molecule has 0 bridgehead atoms. The van der Waals surface area contributed by atoms with Crippen molar-refractivity contribution in [1.82, 2.24) is 14.4 Å². The minimum Gasteiger partial charge on any atom is -0.496 e. The van der Waals surface area contributed by atoms with E-state index in [0.29, 0.717) is 30.1 Å². The third-order valence-corrected chi connectivity index (χ3v) is 5.77. The zero-order chi connectivity index (χ0) is 24.2. The van der Waals surface area contributed by atoms with Crippen LogP contribution in [0.2, 0.25) is 0 Å². The molecule has 2 aromatic heterocycles. The van der Waals surface area contributed by atoms with Crippen molar-refractivity contribution in [1.29, 1.82) is 0 Å². The Kier molecular flexibility index (Phi) is 6.26. The summed E-state index contributed by atoms with van der Waals surface area (Å²) in [6.45, 7) is 1.40. The Balaban J connectivity index is 1.72. The first-order valence-corrected chi connectivity index (χ1v) is 11.4. The van der Waals surface area contributed by atoms with Crippen molar-refractivity contribution in [2.45, 2.75) is 19.8 Å². The molecule has 3 aromatic carbocycles. The fourth-order valence-corrected chi connectivity index (χ4v) is 4.18. The van der Waals surface area contributed by atoms with Crippen molar-refractivity contribution >= 4 is 11.6 Å². The largest absolute Gasteiger partial charge is 0.496 e. The average Bonchev–Trinajstić information content (AvgIpc) is 3.22. The van der Waals surface area contributed by atoms with E-state index in [1.165, 1.54) is 6.92 Å². The molecule has 174 valence electrons. The number of fused-ring (bicyclic) bond motifs is 1. The maximum Gasteiger partial charge on any atom is 0.309 e. The number of esters is 1. The topological polar surface area (TPSA) is 65.7 Å². The molecule has 0 saturated heterocycles. The third kappa shape index (κ3) is 4.77. The fraction of sp³-hybridized carbons (Fsp3) is 0.138. The van der Waals surface area contributed by atoms with Gasteiger partial charge in [-0.25, -0.2) is 9.97 Å². The summed E-state index contributed by atoms with van der Waals surface area (Å²) in [7, 11) is 1.66. The minimum absolute atomic E-state index is 0.398. The van der Waals surface area contributed by atoms with E-state index in [9.17, 15) is 4.79 Å². The lowest BCUT2D eigenvalue weighted by Crippen LogP contribution is -2.07. The Morgan fingerprint density at radius 1 is 0.829 bits per heavy atom. The lowest BCUT2D eigenvalue weighted by molar-refractivity contribution is -0.132. The first-order chi connectivity index (χ1) is 17.1. The van der Waals surface area contributed by atoms with Gasteiger partial charge in [0.2, 0.25) is 5.88 Å². The van der Waals surface area contributed by atoms with Crippen molar-refractivity contribution in [3.05, 3.63) is 114 Å². The second kappa shape index (κ2) is 9.81. The molecule has 0 aliphatic rings. The molecule has 0 amide bonds. The number of carbonyl (C=O) groups is 1. The van der Waals surface area contributed by atoms with Crippen molar-refractivity contribution in [2.24, 2.45) is 0 Å². The summed E-state index contributed by atoms with van der Waals surface area (Å²) >= 11 is 0. The number of hydrogen-bond acceptors (Lipinski definition) is 5. The fourth-order valence-electron chi connectivity index (χ4n) is 4.18. The van der Waals surface area contributed by atoms with Crippen molar-refractivity contribution in [3.8, 4) is 22.9 Å². The van der Waals surface area contributed by atoms with Crippen LogP contribution >= 0.6 is 0 Å². The molecule has 0 atom stereocenters. The quantitative estimate of drug-likeness (QED) is 0.298. The average molecular weight is 464 g/mol. The molecule has 0 radical (unpaired) electrons. The van der Waals surface area contributed by atoms with E-state index in [4.69, 9.17) is 19.4 Å². The van der Waals surface area contributed by atoms with Gasteiger partial charge in [0.1, 0.15) is 11.4 Å². The van der Waals surface area contributed by atoms with Gasteiger partial charge in [0.25, 0.3) is 0 Å². The standard InChI is InChI=1S/C29H25N3O3/c1-20(33)35-29-25(17-21-11-5-3-6-12-21)31-28-24(18-23-15-9-10-16-27(23)34-2)30-26(19-32(28)29)22-13-7-4-8-14-22/h3-16,19H,17-18H2,1-2H3. The zero-order valence-corrected chi connectivity index (χ0v) is 19.6. The highest BCUT2D eigenvalue weighted by Crippen LogP contribution is 2.30. The molecule has 6 nitrogen and oxygen atoms in total. The van der Waals surface area contributed by atoms with Crippen LogP contribution in [0.1, 0.15) is 29.4 Å². The van der Waals surface area contributed by atoms with E-state index in [0.717, 1.165) is 33.8 Å². The first kappa shape index (κ1) is 22.3. The molecule has 0 aliphatic carbocycles. The van der Waals surface area contributed by atoms with E-state index >= 15 is 0 Å². The van der Waals surface area contributed by atoms with E-state index in [1.807, 2.05) is 95.5 Å². The highest BCUT2D eigenvalue weighted by molar-refractivity contribution is 5.71. The number of methoxy groups -OCH3 is 1. The minimum atomic E-state index is -0.398. The maximum absolute atomic E-state index is 12.1. The first-order valence-electron chi connectivity index (χ1n) is 11.4. The highest BCUT2D eigenvalue weighted by atomic mass is 16.5. The van der Waals surface area contributed by atoms with E-state index in [2.05, 4.69) is 0 Å².